The van der Waals surface area contributed by atoms with E-state index in [1.165, 1.54) is 50.5 Å². The second-order valence-electron chi connectivity index (χ2n) is 8.22. The molecule has 3 aliphatic rings. The SMILES string of the molecule is O=C(NCCC1=CCCCC1)[C@@H]1CCCN(C(=O)NC2CCCCC2)C1. The molecule has 1 heterocycles. The largest absolute Gasteiger partial charge is 0.355 e. The maximum atomic E-state index is 12.5. The molecule has 0 aromatic rings. The van der Waals surface area contributed by atoms with Crippen LogP contribution >= 0.6 is 0 Å². The number of likely N-dealkylation sites (tertiary alicyclic amines) is 1. The molecule has 5 heteroatoms. The van der Waals surface area contributed by atoms with E-state index in [1.807, 2.05) is 4.90 Å². The number of hydrogen-bond donors (Lipinski definition) is 2. The van der Waals surface area contributed by atoms with E-state index >= 15 is 0 Å². The number of carbonyl (C=O) groups excluding carboxylic acids is 2. The van der Waals surface area contributed by atoms with Crippen molar-refractivity contribution < 1.29 is 9.59 Å². The molecule has 0 aromatic carbocycles. The molecule has 1 saturated carbocycles. The third-order valence-electron chi connectivity index (χ3n) is 6.14. The molecule has 5 nitrogen and oxygen atoms in total. The first kappa shape index (κ1) is 19.2. The van der Waals surface area contributed by atoms with Crippen LogP contribution in [0.5, 0.6) is 0 Å². The van der Waals surface area contributed by atoms with Gasteiger partial charge in [-0.1, -0.05) is 30.9 Å². The number of nitrogens with zero attached hydrogens (tertiary/aromatic N) is 1. The molecule has 0 aromatic heterocycles. The highest BCUT2D eigenvalue weighted by Gasteiger charge is 2.29. The van der Waals surface area contributed by atoms with Crippen LogP contribution in [-0.4, -0.2) is 42.5 Å². The maximum Gasteiger partial charge on any atom is 0.317 e. The summed E-state index contributed by atoms with van der Waals surface area (Å²) >= 11 is 0. The summed E-state index contributed by atoms with van der Waals surface area (Å²) in [4.78, 5) is 26.9. The van der Waals surface area contributed by atoms with Gasteiger partial charge >= 0.3 is 6.03 Å². The van der Waals surface area contributed by atoms with Crippen LogP contribution in [0.25, 0.3) is 0 Å². The van der Waals surface area contributed by atoms with Crippen molar-refractivity contribution in [3.8, 4) is 0 Å². The quantitative estimate of drug-likeness (QED) is 0.733. The molecule has 0 bridgehead atoms. The summed E-state index contributed by atoms with van der Waals surface area (Å²) in [6, 6.07) is 0.357. The number of rotatable bonds is 5. The highest BCUT2D eigenvalue weighted by atomic mass is 16.2. The molecule has 3 amide bonds. The number of urea groups is 1. The Kier molecular flexibility index (Phi) is 7.39. The second-order valence-corrected chi connectivity index (χ2v) is 8.22. The third kappa shape index (κ3) is 5.75. The van der Waals surface area contributed by atoms with Crippen LogP contribution < -0.4 is 10.6 Å². The van der Waals surface area contributed by atoms with Crippen molar-refractivity contribution in [3.63, 3.8) is 0 Å². The first-order valence-corrected chi connectivity index (χ1v) is 10.7. The van der Waals surface area contributed by atoms with Crippen LogP contribution in [0.15, 0.2) is 11.6 Å². The first-order valence-electron chi connectivity index (χ1n) is 10.7. The van der Waals surface area contributed by atoms with E-state index in [0.717, 1.165) is 45.2 Å². The van der Waals surface area contributed by atoms with E-state index in [4.69, 9.17) is 0 Å². The molecular weight excluding hydrogens is 326 g/mol. The van der Waals surface area contributed by atoms with Crippen molar-refractivity contribution in [2.45, 2.75) is 83.1 Å². The Balaban J connectivity index is 1.39. The molecule has 1 aliphatic heterocycles. The average Bonchev–Trinajstić information content (AvgIpc) is 2.69. The fourth-order valence-corrected chi connectivity index (χ4v) is 4.51. The van der Waals surface area contributed by atoms with Crippen LogP contribution in [0.4, 0.5) is 4.79 Å². The van der Waals surface area contributed by atoms with Gasteiger partial charge in [0, 0.05) is 25.7 Å². The van der Waals surface area contributed by atoms with E-state index in [2.05, 4.69) is 16.7 Å². The number of carbonyl (C=O) groups is 2. The lowest BCUT2D eigenvalue weighted by Gasteiger charge is -2.34. The van der Waals surface area contributed by atoms with Gasteiger partial charge in [-0.15, -0.1) is 0 Å². The molecule has 0 spiro atoms. The zero-order valence-electron chi connectivity index (χ0n) is 16.1. The molecule has 2 fully saturated rings. The second kappa shape index (κ2) is 9.98. The molecule has 1 atom stereocenters. The van der Waals surface area contributed by atoms with Gasteiger partial charge < -0.3 is 15.5 Å². The lowest BCUT2D eigenvalue weighted by atomic mass is 9.95. The number of amides is 3. The van der Waals surface area contributed by atoms with Gasteiger partial charge in [0.1, 0.15) is 0 Å². The summed E-state index contributed by atoms with van der Waals surface area (Å²) in [5, 5.41) is 6.28. The van der Waals surface area contributed by atoms with Crippen LogP contribution in [0.1, 0.15) is 77.0 Å². The van der Waals surface area contributed by atoms with E-state index in [0.29, 0.717) is 12.6 Å². The van der Waals surface area contributed by atoms with E-state index in [-0.39, 0.29) is 17.9 Å². The Hall–Kier alpha value is -1.52. The number of hydrogen-bond acceptors (Lipinski definition) is 2. The van der Waals surface area contributed by atoms with Crippen molar-refractivity contribution >= 4 is 11.9 Å². The van der Waals surface area contributed by atoms with Crippen LogP contribution in [0.3, 0.4) is 0 Å². The molecule has 146 valence electrons. The van der Waals surface area contributed by atoms with Gasteiger partial charge in [0.15, 0.2) is 0 Å². The van der Waals surface area contributed by atoms with Crippen molar-refractivity contribution in [2.75, 3.05) is 19.6 Å². The molecule has 2 N–H and O–H groups in total. The molecule has 3 rings (SSSR count). The molecule has 26 heavy (non-hydrogen) atoms. The first-order chi connectivity index (χ1) is 12.7. The van der Waals surface area contributed by atoms with Crippen LogP contribution in [0.2, 0.25) is 0 Å². The fourth-order valence-electron chi connectivity index (χ4n) is 4.51. The Bertz CT molecular complexity index is 511. The summed E-state index contributed by atoms with van der Waals surface area (Å²) in [5.41, 5.74) is 1.49. The third-order valence-corrected chi connectivity index (χ3v) is 6.14. The standard InChI is InChI=1S/C21H35N3O2/c25-20(22-14-13-17-8-3-1-4-9-17)18-10-7-15-24(16-18)21(26)23-19-11-5-2-6-12-19/h8,18-19H,1-7,9-16H2,(H,22,25)(H,23,26)/t18-/m1/s1. The topological polar surface area (TPSA) is 61.4 Å². The van der Waals surface area contributed by atoms with Gasteiger partial charge in [0.25, 0.3) is 0 Å². The van der Waals surface area contributed by atoms with Crippen molar-refractivity contribution in [1.82, 2.24) is 15.5 Å². The van der Waals surface area contributed by atoms with Gasteiger partial charge in [-0.2, -0.15) is 0 Å². The minimum absolute atomic E-state index is 0.0294. The maximum absolute atomic E-state index is 12.5. The lowest BCUT2D eigenvalue weighted by Crippen LogP contribution is -2.51. The van der Waals surface area contributed by atoms with Gasteiger partial charge in [-0.3, -0.25) is 4.79 Å². The minimum atomic E-state index is -0.0545. The molecular formula is C21H35N3O2. The van der Waals surface area contributed by atoms with E-state index in [9.17, 15) is 9.59 Å². The minimum Gasteiger partial charge on any atom is -0.355 e. The van der Waals surface area contributed by atoms with Crippen molar-refractivity contribution in [1.29, 1.82) is 0 Å². The predicted molar refractivity (Wildman–Crippen MR) is 104 cm³/mol. The summed E-state index contributed by atoms with van der Waals surface area (Å²) in [6.07, 6.45) is 16.0. The van der Waals surface area contributed by atoms with Crippen molar-refractivity contribution in [2.24, 2.45) is 5.92 Å². The van der Waals surface area contributed by atoms with Crippen LogP contribution in [0, 0.1) is 5.92 Å². The van der Waals surface area contributed by atoms with Gasteiger partial charge in [-0.25, -0.2) is 4.79 Å². The highest BCUT2D eigenvalue weighted by molar-refractivity contribution is 5.81. The molecule has 1 saturated heterocycles. The summed E-state index contributed by atoms with van der Waals surface area (Å²) in [5.74, 6) is 0.0674. The summed E-state index contributed by atoms with van der Waals surface area (Å²) in [6.45, 7) is 2.07. The predicted octanol–water partition coefficient (Wildman–Crippen LogP) is 3.75. The Morgan fingerprint density at radius 1 is 1.04 bits per heavy atom. The Labute approximate surface area is 158 Å². The van der Waals surface area contributed by atoms with Gasteiger partial charge in [0.2, 0.25) is 5.91 Å². The van der Waals surface area contributed by atoms with E-state index < -0.39 is 0 Å². The fraction of sp³-hybridized carbons (Fsp3) is 0.810. The Morgan fingerprint density at radius 3 is 2.65 bits per heavy atom. The van der Waals surface area contributed by atoms with Gasteiger partial charge in [0.05, 0.1) is 5.92 Å². The normalized spacial score (nSPS) is 24.7. The zero-order valence-corrected chi connectivity index (χ0v) is 16.1. The molecule has 0 unspecified atom stereocenters. The monoisotopic (exact) mass is 361 g/mol. The number of nitrogens with one attached hydrogen (secondary N) is 2. The summed E-state index contributed by atoms with van der Waals surface area (Å²) < 4.78 is 0. The van der Waals surface area contributed by atoms with Gasteiger partial charge in [-0.05, 0) is 57.8 Å². The zero-order chi connectivity index (χ0) is 18.2. The van der Waals surface area contributed by atoms with Crippen LogP contribution in [-0.2, 0) is 4.79 Å². The van der Waals surface area contributed by atoms with E-state index in [1.54, 1.807) is 0 Å². The molecule has 2 aliphatic carbocycles. The lowest BCUT2D eigenvalue weighted by molar-refractivity contribution is -0.126. The average molecular weight is 362 g/mol. The van der Waals surface area contributed by atoms with Crippen molar-refractivity contribution in [3.05, 3.63) is 11.6 Å². The highest BCUT2D eigenvalue weighted by Crippen LogP contribution is 2.21. The Morgan fingerprint density at radius 2 is 1.88 bits per heavy atom. The number of piperidine rings is 1. The smallest absolute Gasteiger partial charge is 0.317 e. The number of allylic oxidation sites excluding steroid dienone is 1. The summed E-state index contributed by atoms with van der Waals surface area (Å²) in [7, 11) is 0. The molecule has 0 radical (unpaired) electrons.